The van der Waals surface area contributed by atoms with Crippen molar-refractivity contribution in [3.8, 4) is 11.5 Å². The number of thioether (sulfide) groups is 1. The largest absolute Gasteiger partial charge is 0.493 e. The monoisotopic (exact) mass is 578 g/mol. The van der Waals surface area contributed by atoms with Gasteiger partial charge in [-0.2, -0.15) is 15.1 Å². The molecule has 0 atom stereocenters. The van der Waals surface area contributed by atoms with Gasteiger partial charge in [-0.15, -0.1) is 0 Å². The van der Waals surface area contributed by atoms with Crippen LogP contribution < -0.4 is 9.47 Å². The van der Waals surface area contributed by atoms with Crippen LogP contribution in [0.1, 0.15) is 25.0 Å². The van der Waals surface area contributed by atoms with Crippen molar-refractivity contribution in [3.63, 3.8) is 0 Å². The third kappa shape index (κ3) is 4.96. The minimum atomic E-state index is -0.482. The first-order valence-corrected chi connectivity index (χ1v) is 11.9. The van der Waals surface area contributed by atoms with Crippen LogP contribution in [0.15, 0.2) is 52.1 Å². The molecule has 2 aromatic rings. The second-order valence-corrected chi connectivity index (χ2v) is 9.71. The van der Waals surface area contributed by atoms with Gasteiger partial charge >= 0.3 is 0 Å². The number of ether oxygens (including phenoxy) is 2. The number of aliphatic imine (C=N–C) groups is 1. The van der Waals surface area contributed by atoms with Crippen molar-refractivity contribution in [3.05, 3.63) is 62.5 Å². The number of benzene rings is 2. The van der Waals surface area contributed by atoms with Gasteiger partial charge in [-0.05, 0) is 75.8 Å². The lowest BCUT2D eigenvalue weighted by molar-refractivity contribution is -0.114. The van der Waals surface area contributed by atoms with Crippen LogP contribution >= 0.6 is 34.4 Å². The molecule has 0 unspecified atom stereocenters. The molecule has 0 aliphatic carbocycles. The molecule has 0 saturated carbocycles. The van der Waals surface area contributed by atoms with E-state index in [1.165, 1.54) is 36.0 Å². The number of nitrogens with one attached hydrogen (secondary N) is 1. The fourth-order valence-electron chi connectivity index (χ4n) is 3.11. The molecule has 0 radical (unpaired) electrons. The summed E-state index contributed by atoms with van der Waals surface area (Å²) < 4.78 is 25.3. The molecule has 2 aliphatic rings. The first kappa shape index (κ1) is 23.4. The predicted molar refractivity (Wildman–Crippen MR) is 136 cm³/mol. The van der Waals surface area contributed by atoms with Crippen molar-refractivity contribution in [2.45, 2.75) is 20.5 Å². The molecular weight excluding hydrogens is 558 g/mol. The fraction of sp³-hybridized carbons (Fsp3) is 0.217. The van der Waals surface area contributed by atoms with E-state index in [0.29, 0.717) is 22.2 Å². The Kier molecular flexibility index (Phi) is 6.84. The van der Waals surface area contributed by atoms with E-state index in [4.69, 9.17) is 14.9 Å². The maximum Gasteiger partial charge on any atom is 0.283 e. The summed E-state index contributed by atoms with van der Waals surface area (Å²) in [6.07, 6.45) is 1.60. The van der Waals surface area contributed by atoms with Gasteiger partial charge < -0.3 is 9.47 Å². The summed E-state index contributed by atoms with van der Waals surface area (Å²) >= 11 is 3.44. The highest BCUT2D eigenvalue weighted by Gasteiger charge is 2.36. The highest BCUT2D eigenvalue weighted by atomic mass is 127. The molecule has 2 aromatic carbocycles. The molecule has 33 heavy (non-hydrogen) atoms. The summed E-state index contributed by atoms with van der Waals surface area (Å²) in [5, 5.41) is 15.6. The van der Waals surface area contributed by atoms with Gasteiger partial charge in [0.25, 0.3) is 5.91 Å². The van der Waals surface area contributed by atoms with E-state index in [0.717, 1.165) is 14.2 Å². The van der Waals surface area contributed by atoms with Crippen LogP contribution in [-0.4, -0.2) is 34.1 Å². The second-order valence-electron chi connectivity index (χ2n) is 7.56. The minimum Gasteiger partial charge on any atom is -0.493 e. The molecule has 7 nitrogen and oxygen atoms in total. The van der Waals surface area contributed by atoms with Crippen molar-refractivity contribution < 1.29 is 18.7 Å². The summed E-state index contributed by atoms with van der Waals surface area (Å²) in [5.41, 5.74) is 1.63. The number of amides is 1. The van der Waals surface area contributed by atoms with Gasteiger partial charge in [0, 0.05) is 5.92 Å². The molecule has 2 heterocycles. The Bertz CT molecular complexity index is 1220. The van der Waals surface area contributed by atoms with Crippen molar-refractivity contribution in [2.75, 3.05) is 7.11 Å². The van der Waals surface area contributed by atoms with Crippen LogP contribution in [0.3, 0.4) is 0 Å². The maximum absolute atomic E-state index is 13.1. The Hall–Kier alpha value is -2.73. The third-order valence-electron chi connectivity index (χ3n) is 4.82. The molecule has 1 amide bonds. The minimum absolute atomic E-state index is 0.0150. The summed E-state index contributed by atoms with van der Waals surface area (Å²) in [5.74, 6) is 0.389. The Morgan fingerprint density at radius 1 is 1.27 bits per heavy atom. The molecule has 2 aliphatic heterocycles. The molecule has 0 bridgehead atoms. The van der Waals surface area contributed by atoms with Crippen molar-refractivity contribution >= 4 is 62.4 Å². The van der Waals surface area contributed by atoms with E-state index in [1.54, 1.807) is 24.3 Å². The summed E-state index contributed by atoms with van der Waals surface area (Å²) in [6.45, 7) is 4.25. The number of rotatable bonds is 6. The molecule has 1 N–H and O–H groups in total. The first-order valence-electron chi connectivity index (χ1n) is 10.0. The van der Waals surface area contributed by atoms with Crippen LogP contribution in [-0.2, 0) is 11.4 Å². The number of methoxy groups -OCH3 is 1. The predicted octanol–water partition coefficient (Wildman–Crippen LogP) is 5.29. The molecule has 0 fully saturated rings. The number of halogens is 2. The lowest BCUT2D eigenvalue weighted by Gasteiger charge is -2.20. The van der Waals surface area contributed by atoms with E-state index in [-0.39, 0.29) is 29.8 Å². The normalized spacial score (nSPS) is 16.8. The standard InChI is InChI=1S/C23H20FIN4O3S/c1-12(2)22-28-29-20(26)16(21(30)27-23(29)33-22)8-14-9-17(25)19(18(10-14)31-3)32-11-13-4-6-15(24)7-5-13/h4-10,12,26H,11H2,1-3H3/b16-8-,26-20?. The summed E-state index contributed by atoms with van der Waals surface area (Å²) in [4.78, 5) is 16.8. The van der Waals surface area contributed by atoms with E-state index < -0.39 is 5.91 Å². The Morgan fingerprint density at radius 2 is 2.00 bits per heavy atom. The first-order chi connectivity index (χ1) is 15.8. The average Bonchev–Trinajstić information content (AvgIpc) is 3.21. The molecule has 170 valence electrons. The topological polar surface area (TPSA) is 87.3 Å². The van der Waals surface area contributed by atoms with Gasteiger partial charge in [0.05, 0.1) is 16.3 Å². The lowest BCUT2D eigenvalue weighted by Crippen LogP contribution is -2.35. The molecule has 0 saturated heterocycles. The van der Waals surface area contributed by atoms with E-state index in [2.05, 4.69) is 32.7 Å². The number of hydrogen-bond acceptors (Lipinski definition) is 6. The Balaban J connectivity index is 1.60. The van der Waals surface area contributed by atoms with Crippen molar-refractivity contribution in [1.29, 1.82) is 5.41 Å². The zero-order valence-electron chi connectivity index (χ0n) is 18.1. The fourth-order valence-corrected chi connectivity index (χ4v) is 4.78. The van der Waals surface area contributed by atoms with Crippen LogP contribution in [0.25, 0.3) is 6.08 Å². The summed E-state index contributed by atoms with van der Waals surface area (Å²) in [7, 11) is 1.53. The van der Waals surface area contributed by atoms with Crippen LogP contribution in [0.4, 0.5) is 4.39 Å². The third-order valence-corrected chi connectivity index (χ3v) is 6.83. The maximum atomic E-state index is 13.1. The average molecular weight is 578 g/mol. The number of hydrogen-bond donors (Lipinski definition) is 1. The number of carbonyl (C=O) groups is 1. The number of amidine groups is 2. The SMILES string of the molecule is COc1cc(/C=C2/C(=N)N3N=C(C(C)C)SC3=NC2=O)cc(I)c1OCc1ccc(F)cc1. The highest BCUT2D eigenvalue weighted by Crippen LogP contribution is 2.36. The van der Waals surface area contributed by atoms with E-state index in [1.807, 2.05) is 19.9 Å². The Morgan fingerprint density at radius 3 is 2.67 bits per heavy atom. The highest BCUT2D eigenvalue weighted by molar-refractivity contribution is 14.1. The number of carbonyl (C=O) groups excluding carboxylic acids is 1. The summed E-state index contributed by atoms with van der Waals surface area (Å²) in [6, 6.07) is 9.65. The van der Waals surface area contributed by atoms with Gasteiger partial charge in [0.15, 0.2) is 17.3 Å². The zero-order chi connectivity index (χ0) is 23.7. The lowest BCUT2D eigenvalue weighted by atomic mass is 10.1. The van der Waals surface area contributed by atoms with Gasteiger partial charge in [0.1, 0.15) is 17.5 Å². The van der Waals surface area contributed by atoms with Crippen LogP contribution in [0, 0.1) is 20.7 Å². The molecule has 4 rings (SSSR count). The van der Waals surface area contributed by atoms with E-state index >= 15 is 0 Å². The Labute approximate surface area is 208 Å². The van der Waals surface area contributed by atoms with E-state index in [9.17, 15) is 9.18 Å². The second kappa shape index (κ2) is 9.64. The van der Waals surface area contributed by atoms with Crippen molar-refractivity contribution in [1.82, 2.24) is 5.01 Å². The number of hydrazone groups is 1. The molecular formula is C23H20FIN4O3S. The zero-order valence-corrected chi connectivity index (χ0v) is 21.0. The quantitative estimate of drug-likeness (QED) is 0.372. The van der Waals surface area contributed by atoms with Crippen LogP contribution in [0.2, 0.25) is 0 Å². The van der Waals surface area contributed by atoms with Gasteiger partial charge in [0.2, 0.25) is 5.17 Å². The van der Waals surface area contributed by atoms with Gasteiger partial charge in [-0.1, -0.05) is 26.0 Å². The molecule has 10 heteroatoms. The van der Waals surface area contributed by atoms with Crippen molar-refractivity contribution in [2.24, 2.45) is 16.0 Å². The number of fused-ring (bicyclic) bond motifs is 1. The number of nitrogens with zero attached hydrogens (tertiary/aromatic N) is 3. The molecule has 0 aromatic heterocycles. The smallest absolute Gasteiger partial charge is 0.283 e. The van der Waals surface area contributed by atoms with Gasteiger partial charge in [-0.3, -0.25) is 10.2 Å². The molecule has 0 spiro atoms. The van der Waals surface area contributed by atoms with Gasteiger partial charge in [-0.25, -0.2) is 4.39 Å². The van der Waals surface area contributed by atoms with Crippen LogP contribution in [0.5, 0.6) is 11.5 Å².